The number of rotatable bonds is 1. The molecule has 1 nitrogen and oxygen atoms in total. The van der Waals surface area contributed by atoms with Crippen LogP contribution < -0.4 is 0 Å². The number of allylic oxidation sites excluding steroid dienone is 2. The normalized spacial score (nSPS) is 16.3. The third-order valence-corrected chi connectivity index (χ3v) is 2.53. The molecular weight excluding hydrogens is 170 g/mol. The number of nitrogens with zero attached hydrogens (tertiary/aromatic N) is 1. The molecule has 0 aromatic heterocycles. The minimum Gasteiger partial charge on any atom is -0.370 e. The van der Waals surface area contributed by atoms with Crippen LogP contribution in [0.5, 0.6) is 0 Å². The Hall–Kier alpha value is -1.50. The van der Waals surface area contributed by atoms with E-state index in [9.17, 15) is 0 Å². The zero-order valence-electron chi connectivity index (χ0n) is 8.70. The quantitative estimate of drug-likeness (QED) is 0.650. The van der Waals surface area contributed by atoms with Crippen LogP contribution in [0.25, 0.3) is 5.70 Å². The zero-order valence-corrected chi connectivity index (χ0v) is 8.70. The molecule has 14 heavy (non-hydrogen) atoms. The zero-order chi connectivity index (χ0) is 9.97. The summed E-state index contributed by atoms with van der Waals surface area (Å²) < 4.78 is 0. The van der Waals surface area contributed by atoms with Gasteiger partial charge < -0.3 is 4.90 Å². The molecule has 0 aliphatic carbocycles. The fraction of sp³-hybridized carbons (Fsp3) is 0.231. The van der Waals surface area contributed by atoms with Gasteiger partial charge in [-0.1, -0.05) is 42.0 Å². The maximum absolute atomic E-state index is 2.27. The molecule has 1 aromatic rings. The molecule has 1 heterocycles. The van der Waals surface area contributed by atoms with Crippen molar-refractivity contribution < 1.29 is 0 Å². The van der Waals surface area contributed by atoms with Crippen LogP contribution in [-0.4, -0.2) is 18.5 Å². The van der Waals surface area contributed by atoms with Crippen LogP contribution in [0.15, 0.2) is 48.1 Å². The third kappa shape index (κ3) is 1.72. The summed E-state index contributed by atoms with van der Waals surface area (Å²) in [7, 11) is 2.13. The van der Waals surface area contributed by atoms with E-state index in [2.05, 4.69) is 61.4 Å². The lowest BCUT2D eigenvalue weighted by Gasteiger charge is -2.25. The highest BCUT2D eigenvalue weighted by Crippen LogP contribution is 2.22. The number of hydrogen-bond donors (Lipinski definition) is 0. The Morgan fingerprint density at radius 3 is 2.57 bits per heavy atom. The van der Waals surface area contributed by atoms with E-state index in [1.165, 1.54) is 16.8 Å². The van der Waals surface area contributed by atoms with Crippen molar-refractivity contribution >= 4 is 5.70 Å². The molecule has 0 amide bonds. The molecule has 0 radical (unpaired) electrons. The summed E-state index contributed by atoms with van der Waals surface area (Å²) in [6.07, 6.45) is 4.48. The van der Waals surface area contributed by atoms with Crippen molar-refractivity contribution in [1.29, 1.82) is 0 Å². The lowest BCUT2D eigenvalue weighted by molar-refractivity contribution is 0.529. The van der Waals surface area contributed by atoms with Gasteiger partial charge >= 0.3 is 0 Å². The van der Waals surface area contributed by atoms with Gasteiger partial charge in [0, 0.05) is 19.3 Å². The van der Waals surface area contributed by atoms with Crippen LogP contribution in [0.4, 0.5) is 0 Å². The van der Waals surface area contributed by atoms with E-state index < -0.39 is 0 Å². The first-order valence-electron chi connectivity index (χ1n) is 4.92. The minimum absolute atomic E-state index is 1.01. The summed E-state index contributed by atoms with van der Waals surface area (Å²) in [6, 6.07) is 10.5. The van der Waals surface area contributed by atoms with E-state index in [1.807, 2.05) is 0 Å². The van der Waals surface area contributed by atoms with Crippen LogP contribution in [0.1, 0.15) is 12.5 Å². The smallest absolute Gasteiger partial charge is 0.0442 e. The minimum atomic E-state index is 1.01. The number of likely N-dealkylation sites (N-methyl/N-ethyl adjacent to an activating group) is 1. The fourth-order valence-corrected chi connectivity index (χ4v) is 1.68. The molecule has 0 atom stereocenters. The highest BCUT2D eigenvalue weighted by Gasteiger charge is 2.09. The van der Waals surface area contributed by atoms with Gasteiger partial charge in [0.15, 0.2) is 0 Å². The maximum atomic E-state index is 2.27. The Bertz CT molecular complexity index is 373. The highest BCUT2D eigenvalue weighted by atomic mass is 15.1. The SMILES string of the molecule is CC1=CCN(C)C(c2ccccc2)=C1. The Morgan fingerprint density at radius 1 is 1.14 bits per heavy atom. The second-order valence-corrected chi connectivity index (χ2v) is 3.72. The van der Waals surface area contributed by atoms with Crippen LogP contribution in [0.2, 0.25) is 0 Å². The van der Waals surface area contributed by atoms with Gasteiger partial charge in [-0.15, -0.1) is 0 Å². The standard InChI is InChI=1S/C13H15N/c1-11-8-9-14(2)13(10-11)12-6-4-3-5-7-12/h3-8,10H,9H2,1-2H3. The molecule has 1 aromatic carbocycles. The Labute approximate surface area is 85.4 Å². The second kappa shape index (κ2) is 3.70. The topological polar surface area (TPSA) is 3.24 Å². The van der Waals surface area contributed by atoms with Crippen molar-refractivity contribution in [3.05, 3.63) is 53.6 Å². The molecule has 0 bridgehead atoms. The van der Waals surface area contributed by atoms with E-state index in [0.29, 0.717) is 0 Å². The second-order valence-electron chi connectivity index (χ2n) is 3.72. The molecule has 0 fully saturated rings. The molecule has 0 saturated carbocycles. The van der Waals surface area contributed by atoms with Gasteiger partial charge in [-0.25, -0.2) is 0 Å². The van der Waals surface area contributed by atoms with Crippen molar-refractivity contribution in [2.75, 3.05) is 13.6 Å². The molecule has 0 saturated heterocycles. The number of hydrogen-bond acceptors (Lipinski definition) is 1. The van der Waals surface area contributed by atoms with Crippen molar-refractivity contribution in [2.45, 2.75) is 6.92 Å². The predicted octanol–water partition coefficient (Wildman–Crippen LogP) is 2.92. The van der Waals surface area contributed by atoms with Gasteiger partial charge in [-0.05, 0) is 18.6 Å². The van der Waals surface area contributed by atoms with E-state index in [0.717, 1.165) is 6.54 Å². The first kappa shape index (κ1) is 9.07. The molecule has 2 rings (SSSR count). The van der Waals surface area contributed by atoms with Gasteiger partial charge in [0.1, 0.15) is 0 Å². The van der Waals surface area contributed by atoms with Gasteiger partial charge in [-0.2, -0.15) is 0 Å². The molecule has 0 spiro atoms. The molecule has 0 N–H and O–H groups in total. The van der Waals surface area contributed by atoms with Crippen molar-refractivity contribution in [2.24, 2.45) is 0 Å². The Morgan fingerprint density at radius 2 is 1.86 bits per heavy atom. The maximum Gasteiger partial charge on any atom is 0.0442 e. The lowest BCUT2D eigenvalue weighted by Crippen LogP contribution is -2.19. The molecule has 1 heteroatoms. The van der Waals surface area contributed by atoms with Crippen LogP contribution in [0, 0.1) is 0 Å². The lowest BCUT2D eigenvalue weighted by atomic mass is 10.1. The Balaban J connectivity index is 2.38. The average molecular weight is 185 g/mol. The first-order valence-corrected chi connectivity index (χ1v) is 4.92. The molecule has 72 valence electrons. The van der Waals surface area contributed by atoms with Gasteiger partial charge in [0.05, 0.1) is 0 Å². The average Bonchev–Trinajstić information content (AvgIpc) is 2.23. The van der Waals surface area contributed by atoms with E-state index in [4.69, 9.17) is 0 Å². The van der Waals surface area contributed by atoms with E-state index in [-0.39, 0.29) is 0 Å². The molecule has 0 unspecified atom stereocenters. The largest absolute Gasteiger partial charge is 0.370 e. The predicted molar refractivity (Wildman–Crippen MR) is 60.8 cm³/mol. The van der Waals surface area contributed by atoms with Gasteiger partial charge in [-0.3, -0.25) is 0 Å². The van der Waals surface area contributed by atoms with E-state index in [1.54, 1.807) is 0 Å². The summed E-state index contributed by atoms with van der Waals surface area (Å²) in [5.41, 5.74) is 3.95. The van der Waals surface area contributed by atoms with Gasteiger partial charge in [0.2, 0.25) is 0 Å². The molecular formula is C13H15N. The van der Waals surface area contributed by atoms with E-state index >= 15 is 0 Å². The molecule has 1 aliphatic heterocycles. The summed E-state index contributed by atoms with van der Waals surface area (Å²) >= 11 is 0. The monoisotopic (exact) mass is 185 g/mol. The fourth-order valence-electron chi connectivity index (χ4n) is 1.68. The number of benzene rings is 1. The third-order valence-electron chi connectivity index (χ3n) is 2.53. The summed E-state index contributed by atoms with van der Waals surface area (Å²) in [4.78, 5) is 2.27. The Kier molecular flexibility index (Phi) is 2.40. The first-order chi connectivity index (χ1) is 6.77. The van der Waals surface area contributed by atoms with Crippen LogP contribution >= 0.6 is 0 Å². The van der Waals surface area contributed by atoms with Crippen molar-refractivity contribution in [1.82, 2.24) is 4.90 Å². The van der Waals surface area contributed by atoms with Crippen LogP contribution in [-0.2, 0) is 0 Å². The van der Waals surface area contributed by atoms with Crippen molar-refractivity contribution in [3.8, 4) is 0 Å². The van der Waals surface area contributed by atoms with Crippen LogP contribution in [0.3, 0.4) is 0 Å². The van der Waals surface area contributed by atoms with Gasteiger partial charge in [0.25, 0.3) is 0 Å². The summed E-state index contributed by atoms with van der Waals surface area (Å²) in [6.45, 7) is 3.16. The summed E-state index contributed by atoms with van der Waals surface area (Å²) in [5, 5.41) is 0. The summed E-state index contributed by atoms with van der Waals surface area (Å²) in [5.74, 6) is 0. The highest BCUT2D eigenvalue weighted by molar-refractivity contribution is 5.67. The molecule has 1 aliphatic rings. The van der Waals surface area contributed by atoms with Crippen molar-refractivity contribution in [3.63, 3.8) is 0 Å².